The fourth-order valence-electron chi connectivity index (χ4n) is 5.26. The molecule has 1 saturated heterocycles. The van der Waals surface area contributed by atoms with Gasteiger partial charge in [-0.2, -0.15) is 0 Å². The lowest BCUT2D eigenvalue weighted by Crippen LogP contribution is -2.60. The Morgan fingerprint density at radius 2 is 1.98 bits per heavy atom. The van der Waals surface area contributed by atoms with Crippen molar-refractivity contribution in [2.45, 2.75) is 26.1 Å². The average Bonchev–Trinajstić information content (AvgIpc) is 3.46. The van der Waals surface area contributed by atoms with Gasteiger partial charge < -0.3 is 31.2 Å². The van der Waals surface area contributed by atoms with Gasteiger partial charge in [-0.15, -0.1) is 0 Å². The second-order valence-corrected chi connectivity index (χ2v) is 10.9. The number of primary amides is 1. The second-order valence-electron chi connectivity index (χ2n) is 10.5. The highest BCUT2D eigenvalue weighted by Gasteiger charge is 2.36. The van der Waals surface area contributed by atoms with Gasteiger partial charge in [-0.3, -0.25) is 18.9 Å². The lowest BCUT2D eigenvalue weighted by Gasteiger charge is -2.43. The van der Waals surface area contributed by atoms with E-state index in [1.54, 1.807) is 59.1 Å². The molecule has 5 N–H and O–H groups in total. The molecule has 4 aromatic rings. The van der Waals surface area contributed by atoms with Crippen molar-refractivity contribution >= 4 is 46.5 Å². The Labute approximate surface area is 262 Å². The molecule has 1 aliphatic rings. The highest BCUT2D eigenvalue weighted by Crippen LogP contribution is 2.36. The molecule has 2 aromatic heterocycles. The Kier molecular flexibility index (Phi) is 9.18. The molecule has 0 spiro atoms. The molecule has 2 atom stereocenters. The summed E-state index contributed by atoms with van der Waals surface area (Å²) in [5.74, 6) is -2.86. The number of methoxy groups -OCH3 is 1. The van der Waals surface area contributed by atoms with Crippen LogP contribution in [0.4, 0.5) is 15.9 Å². The number of carbonyl (C=O) groups is 3. The van der Waals surface area contributed by atoms with Crippen molar-refractivity contribution in [1.82, 2.24) is 24.2 Å². The number of aromatic nitrogens is 3. The number of nitrogens with one attached hydrogen (secondary N) is 1. The van der Waals surface area contributed by atoms with Crippen LogP contribution in [0, 0.1) is 12.7 Å². The van der Waals surface area contributed by atoms with Crippen LogP contribution in [0.15, 0.2) is 48.9 Å². The van der Waals surface area contributed by atoms with E-state index < -0.39 is 23.9 Å². The number of imidazole rings is 1. The first kappa shape index (κ1) is 31.6. The van der Waals surface area contributed by atoms with Crippen molar-refractivity contribution in [3.63, 3.8) is 0 Å². The lowest BCUT2D eigenvalue weighted by molar-refractivity contribution is -0.171. The Morgan fingerprint density at radius 1 is 1.20 bits per heavy atom. The van der Waals surface area contributed by atoms with Crippen molar-refractivity contribution in [2.75, 3.05) is 38.6 Å². The van der Waals surface area contributed by atoms with E-state index in [0.717, 1.165) is 0 Å². The minimum absolute atomic E-state index is 0.0358. The topological polar surface area (TPSA) is 170 Å². The normalized spacial score (nSPS) is 16.0. The predicted octanol–water partition coefficient (Wildman–Crippen LogP) is 2.71. The predicted molar refractivity (Wildman–Crippen MR) is 165 cm³/mol. The number of hydrogen-bond donors (Lipinski definition) is 3. The summed E-state index contributed by atoms with van der Waals surface area (Å²) in [4.78, 5) is 49.2. The van der Waals surface area contributed by atoms with Gasteiger partial charge in [0.25, 0.3) is 5.91 Å². The smallest absolute Gasteiger partial charge is 0.398 e. The van der Waals surface area contributed by atoms with Crippen LogP contribution in [0.3, 0.4) is 0 Å². The van der Waals surface area contributed by atoms with Crippen molar-refractivity contribution in [3.05, 3.63) is 70.9 Å². The first-order valence-electron chi connectivity index (χ1n) is 14.0. The van der Waals surface area contributed by atoms with Crippen LogP contribution in [0.1, 0.15) is 22.8 Å². The summed E-state index contributed by atoms with van der Waals surface area (Å²) in [6.07, 6.45) is 3.96. The van der Waals surface area contributed by atoms with E-state index in [2.05, 4.69) is 15.3 Å². The zero-order valence-corrected chi connectivity index (χ0v) is 25.5. The van der Waals surface area contributed by atoms with Gasteiger partial charge in [-0.25, -0.2) is 19.2 Å². The molecule has 1 unspecified atom stereocenters. The third kappa shape index (κ3) is 6.25. The van der Waals surface area contributed by atoms with Crippen LogP contribution in [0.25, 0.3) is 16.9 Å². The van der Waals surface area contributed by atoms with E-state index in [4.69, 9.17) is 32.5 Å². The first-order chi connectivity index (χ1) is 21.5. The molecule has 45 heavy (non-hydrogen) atoms. The number of amides is 2. The number of rotatable bonds is 8. The minimum Gasteiger partial charge on any atom is -0.494 e. The van der Waals surface area contributed by atoms with Crippen molar-refractivity contribution in [2.24, 2.45) is 11.5 Å². The molecule has 1 fully saturated rings. The summed E-state index contributed by atoms with van der Waals surface area (Å²) < 4.78 is 26.7. The molecule has 15 heteroatoms. The maximum atomic E-state index is 14.6. The van der Waals surface area contributed by atoms with E-state index in [1.807, 2.05) is 11.8 Å². The number of benzene rings is 2. The van der Waals surface area contributed by atoms with Gasteiger partial charge in [0.05, 0.1) is 30.6 Å². The molecule has 5 rings (SSSR count). The number of nitrogens with two attached hydrogens (primary N) is 2. The summed E-state index contributed by atoms with van der Waals surface area (Å²) >= 11 is 6.32. The second kappa shape index (κ2) is 13.1. The van der Waals surface area contributed by atoms with Crippen molar-refractivity contribution in [3.8, 4) is 17.0 Å². The summed E-state index contributed by atoms with van der Waals surface area (Å²) in [6, 6.07) is 8.23. The van der Waals surface area contributed by atoms with Gasteiger partial charge in [0.2, 0.25) is 0 Å². The van der Waals surface area contributed by atoms with Crippen molar-refractivity contribution in [1.29, 1.82) is 0 Å². The Hall–Kier alpha value is -4.79. The molecule has 1 aliphatic heterocycles. The van der Waals surface area contributed by atoms with E-state index in [-0.39, 0.29) is 29.3 Å². The number of piperazine rings is 1. The number of hydrogen-bond acceptors (Lipinski definition) is 10. The molecule has 236 valence electrons. The highest BCUT2D eigenvalue weighted by molar-refractivity contribution is 6.33. The largest absolute Gasteiger partial charge is 0.494 e. The van der Waals surface area contributed by atoms with Crippen LogP contribution < -0.4 is 21.5 Å². The SMILES string of the molecule is COc1ccc(-c2cnc3c(Nc4ccc(C(=O)N5CCN([C@H](C)CN)C(OC(=O)C(N)=O)C5)c(C)c4)nccn23)c(Cl)c1F. The number of halogens is 2. The maximum Gasteiger partial charge on any atom is 0.398 e. The summed E-state index contributed by atoms with van der Waals surface area (Å²) in [5, 5.41) is 3.15. The number of nitrogens with zero attached hydrogens (tertiary/aromatic N) is 5. The molecule has 2 amide bonds. The summed E-state index contributed by atoms with van der Waals surface area (Å²) in [6.45, 7) is 4.75. The van der Waals surface area contributed by atoms with Gasteiger partial charge in [-0.05, 0) is 49.7 Å². The van der Waals surface area contributed by atoms with Gasteiger partial charge in [-0.1, -0.05) is 11.6 Å². The number of carbonyl (C=O) groups excluding carboxylic acids is 3. The van der Waals surface area contributed by atoms with Crippen LogP contribution in [0.5, 0.6) is 5.75 Å². The number of anilines is 2. The van der Waals surface area contributed by atoms with E-state index in [0.29, 0.717) is 59.2 Å². The molecular formula is C30H32ClFN8O5. The Balaban J connectivity index is 1.36. The van der Waals surface area contributed by atoms with Gasteiger partial charge in [0.15, 0.2) is 29.3 Å². The van der Waals surface area contributed by atoms with Gasteiger partial charge in [0.1, 0.15) is 0 Å². The minimum atomic E-state index is -1.21. The van der Waals surface area contributed by atoms with E-state index in [9.17, 15) is 18.8 Å². The number of esters is 1. The molecule has 0 aliphatic carbocycles. The van der Waals surface area contributed by atoms with Crippen LogP contribution in [-0.2, 0) is 14.3 Å². The molecule has 3 heterocycles. The van der Waals surface area contributed by atoms with E-state index in [1.165, 1.54) is 13.2 Å². The lowest BCUT2D eigenvalue weighted by atomic mass is 10.1. The molecule has 13 nitrogen and oxygen atoms in total. The molecule has 0 saturated carbocycles. The highest BCUT2D eigenvalue weighted by atomic mass is 35.5. The quantitative estimate of drug-likeness (QED) is 0.193. The number of ether oxygens (including phenoxy) is 2. The Morgan fingerprint density at radius 3 is 2.67 bits per heavy atom. The molecule has 2 aromatic carbocycles. The standard InChI is InChI=1S/C30H32ClFN8O5/c1-16-12-18(4-5-19(16)29(42)38-10-11-39(17(2)13-33)23(15-38)45-30(43)26(34)41)37-27-28-36-14-21(40(28)9-8-35-27)20-6-7-22(44-3)25(32)24(20)31/h4-9,12,14,17,23H,10-11,13,15,33H2,1-3H3,(H2,34,41)(H,35,37)/t17-,23?/m1/s1. The molecular weight excluding hydrogens is 607 g/mol. The molecule has 0 radical (unpaired) electrons. The van der Waals surface area contributed by atoms with Crippen LogP contribution in [0.2, 0.25) is 5.02 Å². The molecule has 0 bridgehead atoms. The van der Waals surface area contributed by atoms with Crippen molar-refractivity contribution < 1.29 is 28.2 Å². The number of aryl methyl sites for hydroxylation is 1. The van der Waals surface area contributed by atoms with Crippen LogP contribution in [-0.4, -0.2) is 87.5 Å². The average molecular weight is 639 g/mol. The maximum absolute atomic E-state index is 14.6. The fraction of sp³-hybridized carbons (Fsp3) is 0.300. The monoisotopic (exact) mass is 638 g/mol. The van der Waals surface area contributed by atoms with Crippen LogP contribution >= 0.6 is 11.6 Å². The van der Waals surface area contributed by atoms with Gasteiger partial charge in [0, 0.05) is 54.9 Å². The Bertz CT molecular complexity index is 1780. The zero-order valence-electron chi connectivity index (χ0n) is 24.8. The third-order valence-electron chi connectivity index (χ3n) is 7.70. The third-order valence-corrected chi connectivity index (χ3v) is 8.07. The summed E-state index contributed by atoms with van der Waals surface area (Å²) in [5.41, 5.74) is 14.1. The van der Waals surface area contributed by atoms with Gasteiger partial charge >= 0.3 is 11.9 Å². The number of fused-ring (bicyclic) bond motifs is 1. The zero-order chi connectivity index (χ0) is 32.4. The fourth-order valence-corrected chi connectivity index (χ4v) is 5.51. The summed E-state index contributed by atoms with van der Waals surface area (Å²) in [7, 11) is 1.37. The first-order valence-corrected chi connectivity index (χ1v) is 14.4. The van der Waals surface area contributed by atoms with E-state index >= 15 is 0 Å².